The van der Waals surface area contributed by atoms with Crippen molar-refractivity contribution < 1.29 is 9.90 Å². The number of nitrogens with zero attached hydrogens (tertiary/aromatic N) is 2. The molecule has 0 saturated carbocycles. The molecule has 5 nitrogen and oxygen atoms in total. The van der Waals surface area contributed by atoms with Gasteiger partial charge < -0.3 is 5.11 Å². The molecule has 1 aromatic heterocycles. The number of H-pyrrole nitrogens is 1. The number of carboxylic acid groups (broad SMARTS) is 1. The van der Waals surface area contributed by atoms with Crippen molar-refractivity contribution >= 4 is 17.6 Å². The lowest BCUT2D eigenvalue weighted by molar-refractivity contribution is -0.130. The Hall–Kier alpha value is -2.43. The molecule has 0 aliphatic heterocycles. The Bertz CT molecular complexity index is 503. The monoisotopic (exact) mass is 215 g/mol. The third kappa shape index (κ3) is 2.14. The molecule has 80 valence electrons. The van der Waals surface area contributed by atoms with Gasteiger partial charge in [0.05, 0.1) is 11.8 Å². The normalized spacial score (nSPS) is 11.4. The van der Waals surface area contributed by atoms with Crippen LogP contribution in [-0.2, 0) is 4.79 Å². The van der Waals surface area contributed by atoms with Gasteiger partial charge in [-0.15, -0.1) is 0 Å². The van der Waals surface area contributed by atoms with Crippen LogP contribution in [0.15, 0.2) is 36.5 Å². The number of rotatable bonds is 3. The van der Waals surface area contributed by atoms with Gasteiger partial charge in [0.15, 0.2) is 0 Å². The number of nitrogens with one attached hydrogen (secondary N) is 1. The Morgan fingerprint density at radius 3 is 2.62 bits per heavy atom. The predicted octanol–water partition coefficient (Wildman–Crippen LogP) is 1.43. The molecule has 0 unspecified atom stereocenters. The molecule has 5 heteroatoms. The van der Waals surface area contributed by atoms with Gasteiger partial charge >= 0.3 is 5.97 Å². The topological polar surface area (TPSA) is 78.9 Å². The van der Waals surface area contributed by atoms with Crippen molar-refractivity contribution in [2.45, 2.75) is 0 Å². The maximum absolute atomic E-state index is 11.1. The fourth-order valence-electron chi connectivity index (χ4n) is 1.29. The molecule has 2 rings (SSSR count). The quantitative estimate of drug-likeness (QED) is 0.759. The molecule has 0 fully saturated rings. The standard InChI is InChI=1S/C11H9N3O2/c15-11(16)9(10-7-12-14-13-10)6-8-4-2-1-3-5-8/h1-7H,(H,15,16)(H,12,13,14). The van der Waals surface area contributed by atoms with E-state index in [2.05, 4.69) is 15.4 Å². The van der Waals surface area contributed by atoms with E-state index in [0.29, 0.717) is 5.69 Å². The Morgan fingerprint density at radius 1 is 1.31 bits per heavy atom. The van der Waals surface area contributed by atoms with Crippen LogP contribution in [0.5, 0.6) is 0 Å². The molecule has 0 aliphatic rings. The van der Waals surface area contributed by atoms with E-state index in [4.69, 9.17) is 5.11 Å². The lowest BCUT2D eigenvalue weighted by Gasteiger charge is -1.97. The molecule has 0 saturated heterocycles. The number of carboxylic acids is 1. The van der Waals surface area contributed by atoms with Crippen molar-refractivity contribution in [1.82, 2.24) is 15.4 Å². The first kappa shape index (κ1) is 10.1. The highest BCUT2D eigenvalue weighted by atomic mass is 16.4. The van der Waals surface area contributed by atoms with E-state index in [1.54, 1.807) is 6.08 Å². The lowest BCUT2D eigenvalue weighted by Crippen LogP contribution is -2.00. The van der Waals surface area contributed by atoms with E-state index in [0.717, 1.165) is 5.56 Å². The van der Waals surface area contributed by atoms with Gasteiger partial charge in [-0.25, -0.2) is 4.79 Å². The van der Waals surface area contributed by atoms with Gasteiger partial charge in [-0.05, 0) is 11.6 Å². The first-order chi connectivity index (χ1) is 7.77. The van der Waals surface area contributed by atoms with Crippen LogP contribution in [0.3, 0.4) is 0 Å². The molecule has 0 amide bonds. The molecule has 2 aromatic rings. The number of aromatic nitrogens is 3. The highest BCUT2D eigenvalue weighted by Gasteiger charge is 2.12. The number of hydrogen-bond donors (Lipinski definition) is 2. The van der Waals surface area contributed by atoms with Crippen LogP contribution in [0.2, 0.25) is 0 Å². The molecule has 0 spiro atoms. The van der Waals surface area contributed by atoms with Crippen molar-refractivity contribution in [1.29, 1.82) is 0 Å². The van der Waals surface area contributed by atoms with Crippen LogP contribution < -0.4 is 0 Å². The largest absolute Gasteiger partial charge is 0.478 e. The van der Waals surface area contributed by atoms with E-state index in [1.165, 1.54) is 6.20 Å². The summed E-state index contributed by atoms with van der Waals surface area (Å²) in [5.41, 5.74) is 1.24. The third-order valence-electron chi connectivity index (χ3n) is 2.03. The van der Waals surface area contributed by atoms with E-state index in [1.807, 2.05) is 30.3 Å². The molecule has 0 aliphatic carbocycles. The SMILES string of the molecule is O=C(O)C(=Cc1ccccc1)c1cn[nH]n1. The zero-order chi connectivity index (χ0) is 11.4. The predicted molar refractivity (Wildman–Crippen MR) is 58.3 cm³/mol. The fraction of sp³-hybridized carbons (Fsp3) is 0. The van der Waals surface area contributed by atoms with Crippen LogP contribution in [0, 0.1) is 0 Å². The van der Waals surface area contributed by atoms with Crippen LogP contribution >= 0.6 is 0 Å². The van der Waals surface area contributed by atoms with E-state index >= 15 is 0 Å². The number of benzene rings is 1. The summed E-state index contributed by atoms with van der Waals surface area (Å²) in [4.78, 5) is 11.1. The molecule has 0 atom stereocenters. The van der Waals surface area contributed by atoms with Crippen LogP contribution in [-0.4, -0.2) is 26.5 Å². The highest BCUT2D eigenvalue weighted by molar-refractivity contribution is 6.19. The van der Waals surface area contributed by atoms with E-state index in [9.17, 15) is 4.79 Å². The summed E-state index contributed by atoms with van der Waals surface area (Å²) >= 11 is 0. The lowest BCUT2D eigenvalue weighted by atomic mass is 10.1. The average Bonchev–Trinajstić information content (AvgIpc) is 2.80. The molecular formula is C11H9N3O2. The van der Waals surface area contributed by atoms with E-state index in [-0.39, 0.29) is 5.57 Å². The van der Waals surface area contributed by atoms with Gasteiger partial charge in [-0.1, -0.05) is 30.3 Å². The van der Waals surface area contributed by atoms with Gasteiger partial charge in [-0.2, -0.15) is 15.4 Å². The maximum atomic E-state index is 11.1. The molecule has 0 bridgehead atoms. The number of hydrogen-bond acceptors (Lipinski definition) is 3. The second-order valence-electron chi connectivity index (χ2n) is 3.13. The Balaban J connectivity index is 2.42. The molecule has 1 heterocycles. The Morgan fingerprint density at radius 2 is 2.06 bits per heavy atom. The number of aromatic amines is 1. The molecule has 0 radical (unpaired) electrons. The first-order valence-corrected chi connectivity index (χ1v) is 4.63. The van der Waals surface area contributed by atoms with Gasteiger partial charge in [0.25, 0.3) is 0 Å². The van der Waals surface area contributed by atoms with Crippen molar-refractivity contribution in [2.75, 3.05) is 0 Å². The summed E-state index contributed by atoms with van der Waals surface area (Å²) in [6.07, 6.45) is 2.93. The molecule has 1 aromatic carbocycles. The fourth-order valence-corrected chi connectivity index (χ4v) is 1.29. The third-order valence-corrected chi connectivity index (χ3v) is 2.03. The van der Waals surface area contributed by atoms with Crippen LogP contribution in [0.25, 0.3) is 11.6 Å². The second kappa shape index (κ2) is 4.39. The van der Waals surface area contributed by atoms with Crippen molar-refractivity contribution in [3.05, 3.63) is 47.8 Å². The van der Waals surface area contributed by atoms with Gasteiger partial charge in [0, 0.05) is 0 Å². The summed E-state index contributed by atoms with van der Waals surface area (Å²) in [5.74, 6) is -1.03. The average molecular weight is 215 g/mol. The summed E-state index contributed by atoms with van der Waals surface area (Å²) in [6.45, 7) is 0. The number of carbonyl (C=O) groups is 1. The second-order valence-corrected chi connectivity index (χ2v) is 3.13. The van der Waals surface area contributed by atoms with Crippen LogP contribution in [0.4, 0.5) is 0 Å². The zero-order valence-corrected chi connectivity index (χ0v) is 8.29. The van der Waals surface area contributed by atoms with Gasteiger partial charge in [0.2, 0.25) is 0 Å². The first-order valence-electron chi connectivity index (χ1n) is 4.63. The summed E-state index contributed by atoms with van der Waals surface area (Å²) in [5, 5.41) is 18.8. The van der Waals surface area contributed by atoms with Gasteiger partial charge in [-0.3, -0.25) is 0 Å². The minimum atomic E-state index is -1.03. The number of aliphatic carboxylic acids is 1. The molecular weight excluding hydrogens is 206 g/mol. The van der Waals surface area contributed by atoms with Crippen LogP contribution in [0.1, 0.15) is 11.3 Å². The van der Waals surface area contributed by atoms with Crippen molar-refractivity contribution in [3.63, 3.8) is 0 Å². The maximum Gasteiger partial charge on any atom is 0.338 e. The Labute approximate surface area is 91.4 Å². The zero-order valence-electron chi connectivity index (χ0n) is 8.29. The van der Waals surface area contributed by atoms with Crippen molar-refractivity contribution in [2.24, 2.45) is 0 Å². The minimum absolute atomic E-state index is 0.111. The van der Waals surface area contributed by atoms with Gasteiger partial charge in [0.1, 0.15) is 5.69 Å². The Kier molecular flexibility index (Phi) is 2.77. The highest BCUT2D eigenvalue weighted by Crippen LogP contribution is 2.15. The molecule has 2 N–H and O–H groups in total. The smallest absolute Gasteiger partial charge is 0.338 e. The summed E-state index contributed by atoms with van der Waals surface area (Å²) in [6, 6.07) is 9.20. The minimum Gasteiger partial charge on any atom is -0.478 e. The summed E-state index contributed by atoms with van der Waals surface area (Å²) in [7, 11) is 0. The molecule has 16 heavy (non-hydrogen) atoms. The van der Waals surface area contributed by atoms with E-state index < -0.39 is 5.97 Å². The summed E-state index contributed by atoms with van der Waals surface area (Å²) < 4.78 is 0. The van der Waals surface area contributed by atoms with Crippen molar-refractivity contribution in [3.8, 4) is 0 Å².